The Morgan fingerprint density at radius 1 is 1.47 bits per heavy atom. The van der Waals surface area contributed by atoms with E-state index in [9.17, 15) is 0 Å². The zero-order valence-corrected chi connectivity index (χ0v) is 11.2. The van der Waals surface area contributed by atoms with Crippen molar-refractivity contribution in [2.75, 3.05) is 26.8 Å². The first-order chi connectivity index (χ1) is 8.19. The molecule has 1 aromatic heterocycles. The summed E-state index contributed by atoms with van der Waals surface area (Å²) in [6.07, 6.45) is 3.19. The van der Waals surface area contributed by atoms with Gasteiger partial charge in [0, 0.05) is 25.8 Å². The molecule has 0 fully saturated rings. The minimum absolute atomic E-state index is 0.738. The van der Waals surface area contributed by atoms with Crippen LogP contribution in [0.2, 0.25) is 0 Å². The average molecular weight is 238 g/mol. The molecule has 1 heterocycles. The molecular formula is C13H22N2O2. The second-order valence-corrected chi connectivity index (χ2v) is 4.06. The fraction of sp³-hybridized carbons (Fsp3) is 0.615. The van der Waals surface area contributed by atoms with E-state index in [4.69, 9.17) is 9.26 Å². The van der Waals surface area contributed by atoms with E-state index in [-0.39, 0.29) is 0 Å². The molecule has 1 rings (SSSR count). The van der Waals surface area contributed by atoms with E-state index < -0.39 is 0 Å². The molecule has 0 saturated carbocycles. The van der Waals surface area contributed by atoms with Gasteiger partial charge < -0.3 is 14.6 Å². The normalized spacial score (nSPS) is 12.1. The van der Waals surface area contributed by atoms with Crippen molar-refractivity contribution in [2.24, 2.45) is 0 Å². The molecule has 0 aliphatic heterocycles. The third-order valence-electron chi connectivity index (χ3n) is 2.73. The molecule has 96 valence electrons. The lowest BCUT2D eigenvalue weighted by Crippen LogP contribution is -2.21. The van der Waals surface area contributed by atoms with Crippen LogP contribution < -0.4 is 5.32 Å². The largest absolute Gasteiger partial charge is 0.383 e. The van der Waals surface area contributed by atoms with Gasteiger partial charge >= 0.3 is 0 Å². The lowest BCUT2D eigenvalue weighted by molar-refractivity contribution is 0.200. The monoisotopic (exact) mass is 238 g/mol. The lowest BCUT2D eigenvalue weighted by atomic mass is 10.1. The molecule has 1 N–H and O–H groups in total. The number of hydrogen-bond acceptors (Lipinski definition) is 4. The summed E-state index contributed by atoms with van der Waals surface area (Å²) < 4.78 is 10.1. The summed E-state index contributed by atoms with van der Waals surface area (Å²) in [6.45, 7) is 8.55. The second-order valence-electron chi connectivity index (χ2n) is 4.06. The number of nitrogens with zero attached hydrogens (tertiary/aromatic N) is 1. The maximum Gasteiger partial charge on any atom is 0.141 e. The molecule has 0 aromatic carbocycles. The van der Waals surface area contributed by atoms with Gasteiger partial charge in [-0.2, -0.15) is 0 Å². The average Bonchev–Trinajstić information content (AvgIpc) is 2.64. The predicted octanol–water partition coefficient (Wildman–Crippen LogP) is 2.32. The number of rotatable bonds is 7. The molecule has 17 heavy (non-hydrogen) atoms. The first-order valence-electron chi connectivity index (χ1n) is 6.01. The summed E-state index contributed by atoms with van der Waals surface area (Å²) in [4.78, 5) is 0. The maximum atomic E-state index is 5.15. The van der Waals surface area contributed by atoms with Crippen molar-refractivity contribution in [1.29, 1.82) is 0 Å². The number of hydrogen-bond donors (Lipinski definition) is 1. The van der Waals surface area contributed by atoms with E-state index in [1.54, 1.807) is 7.11 Å². The Morgan fingerprint density at radius 3 is 2.76 bits per heavy atom. The molecule has 1 aromatic rings. The number of methoxy groups -OCH3 is 1. The fourth-order valence-corrected chi connectivity index (χ4v) is 1.60. The van der Waals surface area contributed by atoms with Gasteiger partial charge in [-0.05, 0) is 26.3 Å². The Morgan fingerprint density at radius 2 is 2.24 bits per heavy atom. The van der Waals surface area contributed by atoms with Gasteiger partial charge in [-0.1, -0.05) is 17.7 Å². The minimum Gasteiger partial charge on any atom is -0.383 e. The molecule has 0 saturated heterocycles. The first kappa shape index (κ1) is 13.9. The quantitative estimate of drug-likeness (QED) is 0.741. The third kappa shape index (κ3) is 4.32. The van der Waals surface area contributed by atoms with E-state index in [0.717, 1.165) is 43.1 Å². The van der Waals surface area contributed by atoms with Crippen molar-refractivity contribution < 1.29 is 9.26 Å². The van der Waals surface area contributed by atoms with E-state index in [1.165, 1.54) is 5.57 Å². The van der Waals surface area contributed by atoms with Gasteiger partial charge in [0.05, 0.1) is 12.3 Å². The van der Waals surface area contributed by atoms with E-state index in [2.05, 4.69) is 23.5 Å². The maximum absolute atomic E-state index is 5.15. The van der Waals surface area contributed by atoms with Gasteiger partial charge in [0.15, 0.2) is 0 Å². The molecule has 0 unspecified atom stereocenters. The van der Waals surface area contributed by atoms with Gasteiger partial charge in [0.2, 0.25) is 0 Å². The molecule has 0 aliphatic carbocycles. The first-order valence-corrected chi connectivity index (χ1v) is 6.01. The molecule has 0 spiro atoms. The van der Waals surface area contributed by atoms with Crippen LogP contribution in [0.4, 0.5) is 0 Å². The predicted molar refractivity (Wildman–Crippen MR) is 69.0 cm³/mol. The van der Waals surface area contributed by atoms with Crippen LogP contribution in [-0.4, -0.2) is 32.0 Å². The number of aryl methyl sites for hydroxylation is 2. The Bertz CT molecular complexity index is 350. The second kappa shape index (κ2) is 7.25. The van der Waals surface area contributed by atoms with Crippen LogP contribution in [0.15, 0.2) is 10.1 Å². The van der Waals surface area contributed by atoms with Crippen molar-refractivity contribution in [1.82, 2.24) is 10.5 Å². The van der Waals surface area contributed by atoms with Gasteiger partial charge in [-0.15, -0.1) is 0 Å². The van der Waals surface area contributed by atoms with Gasteiger partial charge in [-0.3, -0.25) is 0 Å². The van der Waals surface area contributed by atoms with Crippen LogP contribution in [0.3, 0.4) is 0 Å². The van der Waals surface area contributed by atoms with Crippen molar-refractivity contribution in [3.8, 4) is 0 Å². The highest BCUT2D eigenvalue weighted by Gasteiger charge is 2.06. The van der Waals surface area contributed by atoms with E-state index in [0.29, 0.717) is 0 Å². The van der Waals surface area contributed by atoms with E-state index >= 15 is 0 Å². The molecule has 0 aliphatic rings. The SMILES string of the molecule is CCC(=Cc1c(C)noc1C)CNCCOC. The van der Waals surface area contributed by atoms with Crippen LogP contribution in [0.25, 0.3) is 6.08 Å². The summed E-state index contributed by atoms with van der Waals surface area (Å²) in [7, 11) is 1.71. The van der Waals surface area contributed by atoms with Crippen LogP contribution in [0.1, 0.15) is 30.4 Å². The number of aromatic nitrogens is 1. The van der Waals surface area contributed by atoms with Crippen LogP contribution in [-0.2, 0) is 4.74 Å². The Balaban J connectivity index is 2.60. The fourth-order valence-electron chi connectivity index (χ4n) is 1.60. The summed E-state index contributed by atoms with van der Waals surface area (Å²) in [5.41, 5.74) is 3.40. The highest BCUT2D eigenvalue weighted by atomic mass is 16.5. The molecular weight excluding hydrogens is 216 g/mol. The Kier molecular flexibility index (Phi) is 5.94. The van der Waals surface area contributed by atoms with Crippen molar-refractivity contribution >= 4 is 6.08 Å². The Labute approximate surface area is 103 Å². The molecule has 4 nitrogen and oxygen atoms in total. The highest BCUT2D eigenvalue weighted by Crippen LogP contribution is 2.17. The van der Waals surface area contributed by atoms with Crippen molar-refractivity contribution in [2.45, 2.75) is 27.2 Å². The molecule has 0 amide bonds. The van der Waals surface area contributed by atoms with Crippen LogP contribution in [0, 0.1) is 13.8 Å². The number of ether oxygens (including phenoxy) is 1. The number of nitrogens with one attached hydrogen (secondary N) is 1. The highest BCUT2D eigenvalue weighted by molar-refractivity contribution is 5.56. The zero-order chi connectivity index (χ0) is 12.7. The van der Waals surface area contributed by atoms with E-state index in [1.807, 2.05) is 13.8 Å². The van der Waals surface area contributed by atoms with Crippen molar-refractivity contribution in [3.05, 3.63) is 22.6 Å². The lowest BCUT2D eigenvalue weighted by Gasteiger charge is -2.06. The summed E-state index contributed by atoms with van der Waals surface area (Å²) in [6, 6.07) is 0. The Hall–Kier alpha value is -1.13. The molecule has 0 atom stereocenters. The smallest absolute Gasteiger partial charge is 0.141 e. The van der Waals surface area contributed by atoms with Gasteiger partial charge in [0.25, 0.3) is 0 Å². The van der Waals surface area contributed by atoms with Gasteiger partial charge in [0.1, 0.15) is 5.76 Å². The molecule has 4 heteroatoms. The summed E-state index contributed by atoms with van der Waals surface area (Å²) in [5, 5.41) is 7.30. The standard InChI is InChI=1S/C13H22N2O2/c1-5-12(9-14-6-7-16-4)8-13-10(2)15-17-11(13)3/h8,14H,5-7,9H2,1-4H3. The zero-order valence-electron chi connectivity index (χ0n) is 11.2. The minimum atomic E-state index is 0.738. The molecule has 0 bridgehead atoms. The van der Waals surface area contributed by atoms with Crippen LogP contribution >= 0.6 is 0 Å². The molecule has 0 radical (unpaired) electrons. The van der Waals surface area contributed by atoms with Crippen molar-refractivity contribution in [3.63, 3.8) is 0 Å². The summed E-state index contributed by atoms with van der Waals surface area (Å²) in [5.74, 6) is 0.880. The topological polar surface area (TPSA) is 47.3 Å². The van der Waals surface area contributed by atoms with Gasteiger partial charge in [-0.25, -0.2) is 0 Å². The van der Waals surface area contributed by atoms with Crippen LogP contribution in [0.5, 0.6) is 0 Å². The summed E-state index contributed by atoms with van der Waals surface area (Å²) >= 11 is 0. The third-order valence-corrected chi connectivity index (χ3v) is 2.73.